The van der Waals surface area contributed by atoms with Crippen LogP contribution in [0.5, 0.6) is 0 Å². The minimum Gasteiger partial charge on any atom is -0.300 e. The number of carbonyl (C=O) groups excluding carboxylic acids is 1. The molecule has 0 aliphatic rings. The van der Waals surface area contributed by atoms with E-state index in [1.165, 1.54) is 6.08 Å². The fourth-order valence-corrected chi connectivity index (χ4v) is 2.01. The Bertz CT molecular complexity index is 712. The molecule has 1 amide bonds. The van der Waals surface area contributed by atoms with Crippen LogP contribution in [0.1, 0.15) is 18.9 Å². The highest BCUT2D eigenvalue weighted by Crippen LogP contribution is 2.10. The predicted molar refractivity (Wildman–Crippen MR) is 93.0 cm³/mol. The minimum absolute atomic E-state index is 0.128. The molecule has 0 atom stereocenters. The second-order valence-electron chi connectivity index (χ2n) is 4.55. The molecule has 0 fully saturated rings. The minimum atomic E-state index is -0.355. The second kappa shape index (κ2) is 8.35. The van der Waals surface area contributed by atoms with Crippen LogP contribution >= 0.6 is 23.8 Å². The number of amides is 1. The molecule has 0 saturated heterocycles. The lowest BCUT2D eigenvalue weighted by Crippen LogP contribution is -2.33. The van der Waals surface area contributed by atoms with Gasteiger partial charge in [-0.05, 0) is 52.8 Å². The fourth-order valence-electron chi connectivity index (χ4n) is 1.69. The first-order chi connectivity index (χ1) is 11.1. The highest BCUT2D eigenvalue weighted by atomic mass is 35.5. The summed E-state index contributed by atoms with van der Waals surface area (Å²) in [5.41, 5.74) is 0.857. The summed E-state index contributed by atoms with van der Waals surface area (Å²) < 4.78 is 1.57. The number of rotatable bonds is 5. The van der Waals surface area contributed by atoms with E-state index in [1.807, 2.05) is 19.1 Å². The third-order valence-electron chi connectivity index (χ3n) is 2.73. The Morgan fingerprint density at radius 3 is 2.83 bits per heavy atom. The van der Waals surface area contributed by atoms with Gasteiger partial charge in [-0.1, -0.05) is 35.8 Å². The third kappa shape index (κ3) is 5.42. The molecular weight excluding hydrogens is 336 g/mol. The lowest BCUT2D eigenvalue weighted by Gasteiger charge is -2.07. The zero-order valence-electron chi connectivity index (χ0n) is 12.4. The Labute approximate surface area is 143 Å². The summed E-state index contributed by atoms with van der Waals surface area (Å²) in [6.07, 6.45) is 3.92. The van der Waals surface area contributed by atoms with Gasteiger partial charge in [0.25, 0.3) is 0 Å². The number of hydrogen-bond acceptors (Lipinski definition) is 5. The summed E-state index contributed by atoms with van der Waals surface area (Å²) >= 11 is 10.9. The van der Waals surface area contributed by atoms with Crippen molar-refractivity contribution in [1.29, 1.82) is 0 Å². The largest absolute Gasteiger partial charge is 0.300 e. The number of anilines is 1. The van der Waals surface area contributed by atoms with Crippen LogP contribution in [0.15, 0.2) is 30.3 Å². The van der Waals surface area contributed by atoms with Gasteiger partial charge in [0.05, 0.1) is 0 Å². The van der Waals surface area contributed by atoms with Gasteiger partial charge in [0.2, 0.25) is 11.9 Å². The maximum Gasteiger partial charge on any atom is 0.250 e. The van der Waals surface area contributed by atoms with Crippen molar-refractivity contribution in [3.05, 3.63) is 40.9 Å². The van der Waals surface area contributed by atoms with Crippen molar-refractivity contribution < 1.29 is 4.79 Å². The average molecular weight is 351 g/mol. The molecule has 2 N–H and O–H groups in total. The van der Waals surface area contributed by atoms with Crippen LogP contribution in [-0.4, -0.2) is 31.2 Å². The molecule has 120 valence electrons. The van der Waals surface area contributed by atoms with E-state index in [0.29, 0.717) is 17.5 Å². The molecular formula is C14H15ClN6OS. The number of nitrogens with one attached hydrogen (secondary N) is 2. The highest BCUT2D eigenvalue weighted by molar-refractivity contribution is 7.80. The lowest BCUT2D eigenvalue weighted by molar-refractivity contribution is -0.115. The smallest absolute Gasteiger partial charge is 0.250 e. The molecule has 1 heterocycles. The van der Waals surface area contributed by atoms with E-state index in [0.717, 1.165) is 12.0 Å². The van der Waals surface area contributed by atoms with Crippen molar-refractivity contribution in [2.45, 2.75) is 19.9 Å². The number of nitrogens with zero attached hydrogens (tertiary/aromatic N) is 4. The zero-order chi connectivity index (χ0) is 16.7. The first kappa shape index (κ1) is 17.0. The van der Waals surface area contributed by atoms with Crippen molar-refractivity contribution >= 4 is 46.9 Å². The van der Waals surface area contributed by atoms with Crippen LogP contribution in [0.25, 0.3) is 6.08 Å². The Kier molecular flexibility index (Phi) is 6.19. The Morgan fingerprint density at radius 2 is 2.13 bits per heavy atom. The van der Waals surface area contributed by atoms with E-state index < -0.39 is 0 Å². The summed E-state index contributed by atoms with van der Waals surface area (Å²) in [7, 11) is 0. The fraction of sp³-hybridized carbons (Fsp3) is 0.214. The molecule has 7 nitrogen and oxygen atoms in total. The van der Waals surface area contributed by atoms with Gasteiger partial charge in [-0.25, -0.2) is 4.68 Å². The number of aromatic nitrogens is 4. The average Bonchev–Trinajstić information content (AvgIpc) is 2.94. The Hall–Kier alpha value is -2.32. The summed E-state index contributed by atoms with van der Waals surface area (Å²) in [5, 5.41) is 17.3. The quantitative estimate of drug-likeness (QED) is 0.635. The van der Waals surface area contributed by atoms with Gasteiger partial charge < -0.3 is 0 Å². The molecule has 0 aliphatic heterocycles. The molecule has 0 aliphatic carbocycles. The van der Waals surface area contributed by atoms with Crippen molar-refractivity contribution in [3.63, 3.8) is 0 Å². The van der Waals surface area contributed by atoms with Gasteiger partial charge >= 0.3 is 0 Å². The predicted octanol–water partition coefficient (Wildman–Crippen LogP) is 2.26. The van der Waals surface area contributed by atoms with Gasteiger partial charge in [-0.2, -0.15) is 0 Å². The molecule has 1 aromatic heterocycles. The van der Waals surface area contributed by atoms with E-state index in [1.54, 1.807) is 22.9 Å². The number of thiocarbonyl (C=S) groups is 1. The van der Waals surface area contributed by atoms with E-state index >= 15 is 0 Å². The van der Waals surface area contributed by atoms with Gasteiger partial charge in [0.1, 0.15) is 0 Å². The van der Waals surface area contributed by atoms with Crippen molar-refractivity contribution in [2.24, 2.45) is 0 Å². The summed E-state index contributed by atoms with van der Waals surface area (Å²) in [6, 6.07) is 7.11. The van der Waals surface area contributed by atoms with Crippen molar-refractivity contribution in [2.75, 3.05) is 5.32 Å². The Morgan fingerprint density at radius 1 is 1.39 bits per heavy atom. The maximum atomic E-state index is 11.8. The molecule has 0 spiro atoms. The molecule has 23 heavy (non-hydrogen) atoms. The van der Waals surface area contributed by atoms with E-state index in [4.69, 9.17) is 23.8 Å². The van der Waals surface area contributed by atoms with Gasteiger partial charge in [-0.15, -0.1) is 0 Å². The summed E-state index contributed by atoms with van der Waals surface area (Å²) in [5.74, 6) is 0.0331. The molecule has 9 heteroatoms. The van der Waals surface area contributed by atoms with E-state index in [9.17, 15) is 4.79 Å². The van der Waals surface area contributed by atoms with Crippen molar-refractivity contribution in [3.8, 4) is 0 Å². The number of carbonyl (C=O) groups is 1. The number of aryl methyl sites for hydroxylation is 1. The Balaban J connectivity index is 1.88. The van der Waals surface area contributed by atoms with Crippen LogP contribution < -0.4 is 10.6 Å². The number of tetrazole rings is 1. The first-order valence-corrected chi connectivity index (χ1v) is 7.69. The van der Waals surface area contributed by atoms with Gasteiger partial charge in [0, 0.05) is 17.6 Å². The van der Waals surface area contributed by atoms with Crippen LogP contribution in [0.4, 0.5) is 5.95 Å². The molecule has 2 rings (SSSR count). The summed E-state index contributed by atoms with van der Waals surface area (Å²) in [4.78, 5) is 11.8. The highest BCUT2D eigenvalue weighted by Gasteiger charge is 2.08. The van der Waals surface area contributed by atoms with E-state index in [2.05, 4.69) is 26.2 Å². The maximum absolute atomic E-state index is 11.8. The standard InChI is InChI=1S/C14H15ClN6OS/c1-2-9-21-13(18-19-20-21)17-14(23)16-12(22)8-5-10-3-6-11(15)7-4-10/h3-8H,2,9H2,1H3,(H2,16,17,18,20,22,23)/b8-5+. The van der Waals surface area contributed by atoms with E-state index in [-0.39, 0.29) is 11.0 Å². The van der Waals surface area contributed by atoms with Crippen LogP contribution in [0, 0.1) is 0 Å². The first-order valence-electron chi connectivity index (χ1n) is 6.90. The summed E-state index contributed by atoms with van der Waals surface area (Å²) in [6.45, 7) is 2.66. The number of benzene rings is 1. The lowest BCUT2D eigenvalue weighted by atomic mass is 10.2. The topological polar surface area (TPSA) is 84.7 Å². The molecule has 0 saturated carbocycles. The van der Waals surface area contributed by atoms with Crippen molar-refractivity contribution in [1.82, 2.24) is 25.5 Å². The van der Waals surface area contributed by atoms with Gasteiger partial charge in [-0.3, -0.25) is 15.4 Å². The molecule has 1 aromatic carbocycles. The SMILES string of the molecule is CCCn1nnnc1NC(=S)NC(=O)/C=C/c1ccc(Cl)cc1. The monoisotopic (exact) mass is 350 g/mol. The molecule has 0 bridgehead atoms. The molecule has 0 unspecified atom stereocenters. The number of hydrogen-bond donors (Lipinski definition) is 2. The second-order valence-corrected chi connectivity index (χ2v) is 5.40. The normalized spacial score (nSPS) is 10.7. The third-order valence-corrected chi connectivity index (χ3v) is 3.18. The zero-order valence-corrected chi connectivity index (χ0v) is 13.9. The van der Waals surface area contributed by atoms with Crippen LogP contribution in [-0.2, 0) is 11.3 Å². The van der Waals surface area contributed by atoms with Crippen LogP contribution in [0.3, 0.4) is 0 Å². The number of halogens is 1. The van der Waals surface area contributed by atoms with Crippen LogP contribution in [0.2, 0.25) is 5.02 Å². The molecule has 0 radical (unpaired) electrons. The van der Waals surface area contributed by atoms with Gasteiger partial charge in [0.15, 0.2) is 5.11 Å². The molecule has 2 aromatic rings.